The molecule has 1 atom stereocenters. The highest BCUT2D eigenvalue weighted by atomic mass is 16.6. The second-order valence-corrected chi connectivity index (χ2v) is 24.1. The van der Waals surface area contributed by atoms with E-state index in [2.05, 4.69) is 69.4 Å². The van der Waals surface area contributed by atoms with Crippen LogP contribution in [-0.4, -0.2) is 37.2 Å². The van der Waals surface area contributed by atoms with Crippen molar-refractivity contribution >= 4 is 17.9 Å². The van der Waals surface area contributed by atoms with Gasteiger partial charge in [-0.15, -0.1) is 0 Å². The van der Waals surface area contributed by atoms with Gasteiger partial charge in [-0.2, -0.15) is 0 Å². The number of rotatable bonds is 66. The highest BCUT2D eigenvalue weighted by molar-refractivity contribution is 5.71. The molecule has 0 spiro atoms. The fourth-order valence-corrected chi connectivity index (χ4v) is 10.7. The summed E-state index contributed by atoms with van der Waals surface area (Å²) < 4.78 is 16.9. The van der Waals surface area contributed by atoms with Crippen molar-refractivity contribution in [3.8, 4) is 0 Å². The number of carbonyl (C=O) groups is 3. The molecule has 0 aliphatic rings. The zero-order chi connectivity index (χ0) is 57.8. The largest absolute Gasteiger partial charge is 0.462 e. The van der Waals surface area contributed by atoms with Gasteiger partial charge < -0.3 is 14.2 Å². The Morgan fingerprint density at radius 1 is 0.250 bits per heavy atom. The summed E-state index contributed by atoms with van der Waals surface area (Å²) in [5.74, 6) is -0.871. The first-order valence-electron chi connectivity index (χ1n) is 35.6. The Morgan fingerprint density at radius 2 is 0.475 bits per heavy atom. The Balaban J connectivity index is 4.14. The highest BCUT2D eigenvalue weighted by Gasteiger charge is 2.19. The van der Waals surface area contributed by atoms with Crippen molar-refractivity contribution in [2.45, 2.75) is 393 Å². The van der Waals surface area contributed by atoms with E-state index in [-0.39, 0.29) is 31.1 Å². The van der Waals surface area contributed by atoms with Crippen LogP contribution in [0.2, 0.25) is 0 Å². The summed E-state index contributed by atoms with van der Waals surface area (Å²) in [6.45, 7) is 6.62. The van der Waals surface area contributed by atoms with Crippen molar-refractivity contribution in [1.82, 2.24) is 0 Å². The second-order valence-electron chi connectivity index (χ2n) is 24.1. The van der Waals surface area contributed by atoms with Crippen LogP contribution >= 0.6 is 0 Å². The maximum Gasteiger partial charge on any atom is 0.306 e. The monoisotopic (exact) mass is 1120 g/mol. The van der Waals surface area contributed by atoms with Crippen molar-refractivity contribution in [2.24, 2.45) is 0 Å². The van der Waals surface area contributed by atoms with Crippen molar-refractivity contribution in [3.63, 3.8) is 0 Å². The number of hydrogen-bond acceptors (Lipinski definition) is 6. The van der Waals surface area contributed by atoms with Crippen molar-refractivity contribution in [2.75, 3.05) is 13.2 Å². The third-order valence-corrected chi connectivity index (χ3v) is 16.0. The molecule has 0 aromatic carbocycles. The van der Waals surface area contributed by atoms with Crippen molar-refractivity contribution < 1.29 is 28.6 Å². The number of carbonyl (C=O) groups excluding carboxylic acids is 3. The third-order valence-electron chi connectivity index (χ3n) is 16.0. The molecule has 0 amide bonds. The van der Waals surface area contributed by atoms with Crippen LogP contribution in [-0.2, 0) is 28.6 Å². The van der Waals surface area contributed by atoms with E-state index in [0.29, 0.717) is 19.3 Å². The summed E-state index contributed by atoms with van der Waals surface area (Å²) >= 11 is 0. The molecule has 6 nitrogen and oxygen atoms in total. The predicted molar refractivity (Wildman–Crippen MR) is 349 cm³/mol. The van der Waals surface area contributed by atoms with E-state index in [1.165, 1.54) is 257 Å². The average Bonchev–Trinajstić information content (AvgIpc) is 3.46. The summed E-state index contributed by atoms with van der Waals surface area (Å²) in [6, 6.07) is 0. The zero-order valence-electron chi connectivity index (χ0n) is 53.9. The molecule has 0 N–H and O–H groups in total. The van der Waals surface area contributed by atoms with Gasteiger partial charge in [-0.25, -0.2) is 0 Å². The molecule has 0 heterocycles. The molecule has 0 aliphatic carbocycles. The molecule has 6 heteroatoms. The van der Waals surface area contributed by atoms with E-state index in [0.717, 1.165) is 89.9 Å². The van der Waals surface area contributed by atoms with Gasteiger partial charge in [0.2, 0.25) is 0 Å². The number of allylic oxidation sites excluding steroid dienone is 8. The van der Waals surface area contributed by atoms with E-state index in [4.69, 9.17) is 14.2 Å². The van der Waals surface area contributed by atoms with Crippen LogP contribution in [0.5, 0.6) is 0 Å². The maximum atomic E-state index is 12.9. The van der Waals surface area contributed by atoms with E-state index < -0.39 is 6.10 Å². The predicted octanol–water partition coefficient (Wildman–Crippen LogP) is 24.5. The first-order valence-corrected chi connectivity index (χ1v) is 35.6. The van der Waals surface area contributed by atoms with Gasteiger partial charge >= 0.3 is 17.9 Å². The molecular weight excluding hydrogens is 985 g/mol. The van der Waals surface area contributed by atoms with Gasteiger partial charge in [0.1, 0.15) is 13.2 Å². The smallest absolute Gasteiger partial charge is 0.306 e. The number of hydrogen-bond donors (Lipinski definition) is 0. The number of unbranched alkanes of at least 4 members (excludes halogenated alkanes) is 47. The normalized spacial score (nSPS) is 12.3. The van der Waals surface area contributed by atoms with Crippen LogP contribution in [0.25, 0.3) is 0 Å². The lowest BCUT2D eigenvalue weighted by Crippen LogP contribution is -2.30. The molecular formula is C74H136O6. The average molecular weight is 1120 g/mol. The quantitative estimate of drug-likeness (QED) is 0.0261. The fourth-order valence-electron chi connectivity index (χ4n) is 10.7. The molecule has 0 saturated heterocycles. The van der Waals surface area contributed by atoms with Gasteiger partial charge in [-0.1, -0.05) is 339 Å². The van der Waals surface area contributed by atoms with E-state index in [1.54, 1.807) is 0 Å². The van der Waals surface area contributed by atoms with Crippen LogP contribution in [0.4, 0.5) is 0 Å². The molecule has 0 aliphatic heterocycles. The Bertz CT molecular complexity index is 1380. The van der Waals surface area contributed by atoms with Crippen molar-refractivity contribution in [1.29, 1.82) is 0 Å². The Hall–Kier alpha value is -2.63. The minimum Gasteiger partial charge on any atom is -0.462 e. The molecule has 0 aromatic heterocycles. The van der Waals surface area contributed by atoms with Crippen LogP contribution in [0.1, 0.15) is 387 Å². The first-order chi connectivity index (χ1) is 39.5. The summed E-state index contributed by atoms with van der Waals surface area (Å²) in [4.78, 5) is 38.3. The summed E-state index contributed by atoms with van der Waals surface area (Å²) in [5, 5.41) is 0. The standard InChI is InChI=1S/C74H136O6/c1-4-7-10-13-16-19-22-24-26-28-30-32-34-35-36-37-38-39-41-42-44-46-48-50-52-55-58-61-64-67-73(76)79-70-71(69-78-72(75)66-63-60-57-54-21-18-15-12-9-6-3)80-74(77)68-65-62-59-56-53-51-49-47-45-43-40-33-31-29-27-25-23-20-17-14-11-8-5-2/h12,15,23,25,29,31,40,43,71H,4-11,13-14,16-22,24,26-28,30,32-39,41-42,44-70H2,1-3H3/b15-12-,25-23-,31-29-,43-40-. The highest BCUT2D eigenvalue weighted by Crippen LogP contribution is 2.18. The fraction of sp³-hybridized carbons (Fsp3) is 0.851. The van der Waals surface area contributed by atoms with Gasteiger partial charge in [0.05, 0.1) is 0 Å². The molecule has 0 radical (unpaired) electrons. The van der Waals surface area contributed by atoms with Gasteiger partial charge in [0, 0.05) is 19.3 Å². The number of esters is 3. The van der Waals surface area contributed by atoms with Crippen LogP contribution in [0, 0.1) is 0 Å². The molecule has 0 aromatic rings. The van der Waals surface area contributed by atoms with E-state index in [9.17, 15) is 14.4 Å². The van der Waals surface area contributed by atoms with E-state index >= 15 is 0 Å². The molecule has 0 saturated carbocycles. The third kappa shape index (κ3) is 66.2. The molecule has 1 unspecified atom stereocenters. The minimum atomic E-state index is -0.780. The second kappa shape index (κ2) is 68.9. The van der Waals surface area contributed by atoms with Gasteiger partial charge in [-0.3, -0.25) is 14.4 Å². The summed E-state index contributed by atoms with van der Waals surface area (Å²) in [5.41, 5.74) is 0. The van der Waals surface area contributed by atoms with Crippen molar-refractivity contribution in [3.05, 3.63) is 48.6 Å². The lowest BCUT2D eigenvalue weighted by atomic mass is 10.0. The van der Waals surface area contributed by atoms with Gasteiger partial charge in [0.25, 0.3) is 0 Å². The van der Waals surface area contributed by atoms with Gasteiger partial charge in [0.15, 0.2) is 6.10 Å². The lowest BCUT2D eigenvalue weighted by Gasteiger charge is -2.18. The van der Waals surface area contributed by atoms with Crippen LogP contribution in [0.3, 0.4) is 0 Å². The topological polar surface area (TPSA) is 78.9 Å². The number of ether oxygens (including phenoxy) is 3. The first kappa shape index (κ1) is 77.4. The maximum absolute atomic E-state index is 12.9. The Labute approximate surface area is 498 Å². The molecule has 0 rings (SSSR count). The molecule has 468 valence electrons. The summed E-state index contributed by atoms with van der Waals surface area (Å²) in [6.07, 6.45) is 87.3. The molecule has 80 heavy (non-hydrogen) atoms. The lowest BCUT2D eigenvalue weighted by molar-refractivity contribution is -0.167. The van der Waals surface area contributed by atoms with E-state index in [1.807, 2.05) is 0 Å². The van der Waals surface area contributed by atoms with Crippen LogP contribution < -0.4 is 0 Å². The molecule has 0 fully saturated rings. The SMILES string of the molecule is CCC/C=C\CCCCCCCC(=O)OCC(COC(=O)CCCCCCCCCCCCCCCCCCCCCCCCCCCCCCC)OC(=O)CCCCCCCCCC/C=C\C/C=C\C/C=C\CCCCCCC. The zero-order valence-corrected chi connectivity index (χ0v) is 53.9. The van der Waals surface area contributed by atoms with Gasteiger partial charge in [-0.05, 0) is 77.0 Å². The minimum absolute atomic E-state index is 0.0752. The Kier molecular flexibility index (Phi) is 66.6. The summed E-state index contributed by atoms with van der Waals surface area (Å²) in [7, 11) is 0. The van der Waals surface area contributed by atoms with Crippen LogP contribution in [0.15, 0.2) is 48.6 Å². The Morgan fingerprint density at radius 3 is 0.762 bits per heavy atom. The molecule has 0 bridgehead atoms.